The Morgan fingerprint density at radius 1 is 1.25 bits per heavy atom. The molecule has 0 aliphatic carbocycles. The summed E-state index contributed by atoms with van der Waals surface area (Å²) in [5.41, 5.74) is 13.3. The van der Waals surface area contributed by atoms with E-state index in [4.69, 9.17) is 11.5 Å². The molecule has 5 heteroatoms. The minimum absolute atomic E-state index is 0.407. The molecule has 5 nitrogen and oxygen atoms in total. The molecule has 0 radical (unpaired) electrons. The largest absolute Gasteiger partial charge is 0.399 e. The van der Waals surface area contributed by atoms with Gasteiger partial charge in [-0.05, 0) is 44.5 Å². The van der Waals surface area contributed by atoms with Crippen molar-refractivity contribution in [3.63, 3.8) is 0 Å². The highest BCUT2D eigenvalue weighted by atomic mass is 16.1. The highest BCUT2D eigenvalue weighted by Crippen LogP contribution is 2.32. The Hall–Kier alpha value is -1.75. The number of hydrogen-bond donors (Lipinski definition) is 2. The summed E-state index contributed by atoms with van der Waals surface area (Å²) in [6, 6.07) is 6.70. The van der Waals surface area contributed by atoms with Gasteiger partial charge in [-0.25, -0.2) is 0 Å². The molecule has 1 amide bonds. The zero-order valence-electron chi connectivity index (χ0n) is 11.9. The van der Waals surface area contributed by atoms with Gasteiger partial charge in [0.05, 0.1) is 5.56 Å². The third kappa shape index (κ3) is 2.22. The number of hydrogen-bond acceptors (Lipinski definition) is 4. The van der Waals surface area contributed by atoms with Gasteiger partial charge in [0, 0.05) is 36.5 Å². The molecule has 0 saturated carbocycles. The Bertz CT molecular complexity index is 531. The smallest absolute Gasteiger partial charge is 0.250 e. The summed E-state index contributed by atoms with van der Waals surface area (Å²) in [5.74, 6) is -0.407. The average molecular weight is 274 g/mol. The van der Waals surface area contributed by atoms with Gasteiger partial charge in [0.2, 0.25) is 0 Å². The standard InChI is InChI=1S/C15H22N4O/c1-18-11-3-4-12(18)9-19(7-6-11)14-5-2-10(16)8-13(14)15(17)20/h2,5,8,11-12H,3-4,6-7,9,16H2,1H3,(H2,17,20). The van der Waals surface area contributed by atoms with Gasteiger partial charge in [0.1, 0.15) is 0 Å². The predicted molar refractivity (Wildman–Crippen MR) is 80.8 cm³/mol. The van der Waals surface area contributed by atoms with E-state index in [-0.39, 0.29) is 0 Å². The summed E-state index contributed by atoms with van der Waals surface area (Å²) in [5, 5.41) is 0. The fourth-order valence-corrected chi connectivity index (χ4v) is 3.55. The van der Waals surface area contributed by atoms with E-state index in [1.54, 1.807) is 6.07 Å². The molecular weight excluding hydrogens is 252 g/mol. The summed E-state index contributed by atoms with van der Waals surface area (Å²) >= 11 is 0. The molecule has 1 aromatic carbocycles. The molecule has 2 atom stereocenters. The summed E-state index contributed by atoms with van der Waals surface area (Å²) in [6.07, 6.45) is 3.66. The van der Waals surface area contributed by atoms with Crippen LogP contribution in [0.1, 0.15) is 29.6 Å². The van der Waals surface area contributed by atoms with E-state index in [1.807, 2.05) is 12.1 Å². The van der Waals surface area contributed by atoms with Crippen molar-refractivity contribution >= 4 is 17.3 Å². The zero-order chi connectivity index (χ0) is 14.3. The van der Waals surface area contributed by atoms with Crippen LogP contribution in [0.3, 0.4) is 0 Å². The fourth-order valence-electron chi connectivity index (χ4n) is 3.55. The first-order valence-corrected chi connectivity index (χ1v) is 7.22. The van der Waals surface area contributed by atoms with Crippen molar-refractivity contribution in [2.45, 2.75) is 31.3 Å². The lowest BCUT2D eigenvalue weighted by atomic mass is 10.1. The van der Waals surface area contributed by atoms with E-state index in [0.29, 0.717) is 23.3 Å². The molecule has 1 aromatic rings. The number of primary amides is 1. The molecule has 2 unspecified atom stereocenters. The summed E-state index contributed by atoms with van der Waals surface area (Å²) < 4.78 is 0. The molecule has 2 fully saturated rings. The topological polar surface area (TPSA) is 75.6 Å². The van der Waals surface area contributed by atoms with E-state index in [9.17, 15) is 4.79 Å². The number of carbonyl (C=O) groups excluding carboxylic acids is 1. The maximum Gasteiger partial charge on any atom is 0.250 e. The molecule has 4 N–H and O–H groups in total. The van der Waals surface area contributed by atoms with Crippen LogP contribution in [0, 0.1) is 0 Å². The third-order valence-corrected chi connectivity index (χ3v) is 4.78. The van der Waals surface area contributed by atoms with E-state index in [2.05, 4.69) is 16.8 Å². The summed E-state index contributed by atoms with van der Waals surface area (Å²) in [4.78, 5) is 16.4. The predicted octanol–water partition coefficient (Wildman–Crippen LogP) is 1.04. The first-order valence-electron chi connectivity index (χ1n) is 7.22. The number of nitrogens with zero attached hydrogens (tertiary/aromatic N) is 2. The molecule has 2 saturated heterocycles. The number of anilines is 2. The van der Waals surface area contributed by atoms with Crippen LogP contribution in [0.2, 0.25) is 0 Å². The number of likely N-dealkylation sites (N-methyl/N-ethyl adjacent to an activating group) is 1. The first kappa shape index (κ1) is 13.2. The van der Waals surface area contributed by atoms with Crippen molar-refractivity contribution in [1.29, 1.82) is 0 Å². The van der Waals surface area contributed by atoms with Crippen LogP contribution in [0.15, 0.2) is 18.2 Å². The maximum absolute atomic E-state index is 11.7. The van der Waals surface area contributed by atoms with Gasteiger partial charge in [-0.1, -0.05) is 0 Å². The molecule has 2 aliphatic heterocycles. The molecule has 20 heavy (non-hydrogen) atoms. The molecule has 2 aliphatic rings. The zero-order valence-corrected chi connectivity index (χ0v) is 11.9. The SMILES string of the molecule is CN1C2CCC1CN(c1ccc(N)cc1C(N)=O)CC2. The molecule has 0 aromatic heterocycles. The maximum atomic E-state index is 11.7. The van der Waals surface area contributed by atoms with Crippen LogP contribution < -0.4 is 16.4 Å². The van der Waals surface area contributed by atoms with Crippen molar-refractivity contribution in [3.8, 4) is 0 Å². The molecule has 108 valence electrons. The van der Waals surface area contributed by atoms with E-state index in [0.717, 1.165) is 25.2 Å². The Morgan fingerprint density at radius 2 is 2.00 bits per heavy atom. The van der Waals surface area contributed by atoms with Crippen molar-refractivity contribution in [2.24, 2.45) is 5.73 Å². The molecule has 3 rings (SSSR count). The van der Waals surface area contributed by atoms with E-state index in [1.165, 1.54) is 12.8 Å². The van der Waals surface area contributed by atoms with Crippen LogP contribution in [0.5, 0.6) is 0 Å². The normalized spacial score (nSPS) is 26.6. The number of nitrogens with two attached hydrogens (primary N) is 2. The van der Waals surface area contributed by atoms with Gasteiger partial charge in [0.25, 0.3) is 5.91 Å². The highest BCUT2D eigenvalue weighted by Gasteiger charge is 2.35. The minimum atomic E-state index is -0.407. The summed E-state index contributed by atoms with van der Waals surface area (Å²) in [6.45, 7) is 1.92. The van der Waals surface area contributed by atoms with Gasteiger partial charge < -0.3 is 16.4 Å². The Labute approximate surface area is 119 Å². The van der Waals surface area contributed by atoms with Crippen molar-refractivity contribution < 1.29 is 4.79 Å². The second kappa shape index (κ2) is 4.98. The quantitative estimate of drug-likeness (QED) is 0.790. The van der Waals surface area contributed by atoms with Gasteiger partial charge in [-0.15, -0.1) is 0 Å². The second-order valence-electron chi connectivity index (χ2n) is 5.93. The van der Waals surface area contributed by atoms with Crippen LogP contribution in [0.25, 0.3) is 0 Å². The lowest BCUT2D eigenvalue weighted by molar-refractivity contribution is 0.100. The van der Waals surface area contributed by atoms with Crippen LogP contribution in [-0.2, 0) is 0 Å². The molecular formula is C15H22N4O. The van der Waals surface area contributed by atoms with Crippen LogP contribution in [-0.4, -0.2) is 43.0 Å². The Kier molecular flexibility index (Phi) is 3.30. The molecule has 2 bridgehead atoms. The fraction of sp³-hybridized carbons (Fsp3) is 0.533. The third-order valence-electron chi connectivity index (χ3n) is 4.78. The monoisotopic (exact) mass is 274 g/mol. The van der Waals surface area contributed by atoms with Crippen LogP contribution >= 0.6 is 0 Å². The number of benzene rings is 1. The Balaban J connectivity index is 1.91. The summed E-state index contributed by atoms with van der Waals surface area (Å²) in [7, 11) is 2.21. The molecule has 2 heterocycles. The number of fused-ring (bicyclic) bond motifs is 2. The first-order chi connectivity index (χ1) is 9.56. The van der Waals surface area contributed by atoms with E-state index < -0.39 is 5.91 Å². The van der Waals surface area contributed by atoms with Gasteiger partial charge in [-0.2, -0.15) is 0 Å². The van der Waals surface area contributed by atoms with Gasteiger partial charge in [0.15, 0.2) is 0 Å². The number of carbonyl (C=O) groups is 1. The van der Waals surface area contributed by atoms with Crippen molar-refractivity contribution in [1.82, 2.24) is 4.90 Å². The number of nitrogen functional groups attached to an aromatic ring is 1. The van der Waals surface area contributed by atoms with Gasteiger partial charge >= 0.3 is 0 Å². The van der Waals surface area contributed by atoms with Crippen LogP contribution in [0.4, 0.5) is 11.4 Å². The van der Waals surface area contributed by atoms with Crippen molar-refractivity contribution in [2.75, 3.05) is 30.8 Å². The average Bonchev–Trinajstić information content (AvgIpc) is 2.64. The number of amides is 1. The second-order valence-corrected chi connectivity index (χ2v) is 5.93. The van der Waals surface area contributed by atoms with E-state index >= 15 is 0 Å². The minimum Gasteiger partial charge on any atom is -0.399 e. The lowest BCUT2D eigenvalue weighted by Gasteiger charge is -2.29. The highest BCUT2D eigenvalue weighted by molar-refractivity contribution is 5.99. The lowest BCUT2D eigenvalue weighted by Crippen LogP contribution is -2.37. The molecule has 0 spiro atoms. The van der Waals surface area contributed by atoms with Gasteiger partial charge in [-0.3, -0.25) is 9.69 Å². The number of rotatable bonds is 2. The van der Waals surface area contributed by atoms with Crippen molar-refractivity contribution in [3.05, 3.63) is 23.8 Å². The Morgan fingerprint density at radius 3 is 2.75 bits per heavy atom.